The molecule has 0 aromatic carbocycles. The molecule has 2 aliphatic heterocycles. The highest BCUT2D eigenvalue weighted by Crippen LogP contribution is 2.25. The van der Waals surface area contributed by atoms with Gasteiger partial charge in [-0.15, -0.1) is 0 Å². The number of nitrogens with zero attached hydrogens (tertiary/aromatic N) is 2. The van der Waals surface area contributed by atoms with Crippen LogP contribution in [-0.4, -0.2) is 47.5 Å². The zero-order valence-corrected chi connectivity index (χ0v) is 11.5. The van der Waals surface area contributed by atoms with Crippen LogP contribution in [0.15, 0.2) is 24.0 Å². The van der Waals surface area contributed by atoms with Crippen LogP contribution in [0.3, 0.4) is 0 Å². The third kappa shape index (κ3) is 2.80. The van der Waals surface area contributed by atoms with Crippen LogP contribution in [0.2, 0.25) is 0 Å². The number of ether oxygens (including phenoxy) is 1. The molecule has 2 heterocycles. The van der Waals surface area contributed by atoms with Crippen molar-refractivity contribution in [3.8, 4) is 0 Å². The molecule has 0 bridgehead atoms. The first-order chi connectivity index (χ1) is 9.02. The SMILES string of the molecule is C=C(C)OC(=O)N1CC[C@@H](N2CC/C(=C\C)C2=O)C1. The molecular weight excluding hydrogens is 244 g/mol. The van der Waals surface area contributed by atoms with Gasteiger partial charge in [-0.25, -0.2) is 4.79 Å². The first kappa shape index (κ1) is 13.6. The normalized spacial score (nSPS) is 25.3. The van der Waals surface area contributed by atoms with Gasteiger partial charge < -0.3 is 14.5 Å². The van der Waals surface area contributed by atoms with E-state index in [2.05, 4.69) is 6.58 Å². The van der Waals surface area contributed by atoms with Gasteiger partial charge in [-0.1, -0.05) is 12.7 Å². The molecule has 19 heavy (non-hydrogen) atoms. The maximum Gasteiger partial charge on any atom is 0.414 e. The minimum Gasteiger partial charge on any atom is -0.416 e. The van der Waals surface area contributed by atoms with Crippen molar-refractivity contribution in [2.24, 2.45) is 0 Å². The maximum absolute atomic E-state index is 12.1. The Morgan fingerprint density at radius 2 is 2.21 bits per heavy atom. The van der Waals surface area contributed by atoms with E-state index in [0.717, 1.165) is 25.0 Å². The van der Waals surface area contributed by atoms with E-state index in [9.17, 15) is 9.59 Å². The van der Waals surface area contributed by atoms with E-state index in [-0.39, 0.29) is 18.0 Å². The Labute approximate surface area is 113 Å². The van der Waals surface area contributed by atoms with Crippen molar-refractivity contribution < 1.29 is 14.3 Å². The van der Waals surface area contributed by atoms with Crippen LogP contribution in [0.5, 0.6) is 0 Å². The number of hydrogen-bond donors (Lipinski definition) is 0. The maximum atomic E-state index is 12.1. The number of hydrogen-bond acceptors (Lipinski definition) is 3. The van der Waals surface area contributed by atoms with E-state index in [1.165, 1.54) is 0 Å². The monoisotopic (exact) mass is 264 g/mol. The molecule has 0 aromatic rings. The summed E-state index contributed by atoms with van der Waals surface area (Å²) in [4.78, 5) is 27.4. The van der Waals surface area contributed by atoms with Gasteiger partial charge in [0, 0.05) is 25.2 Å². The topological polar surface area (TPSA) is 49.9 Å². The molecule has 104 valence electrons. The highest BCUT2D eigenvalue weighted by Gasteiger charge is 2.37. The van der Waals surface area contributed by atoms with E-state index < -0.39 is 0 Å². The van der Waals surface area contributed by atoms with Gasteiger partial charge in [-0.3, -0.25) is 4.79 Å². The van der Waals surface area contributed by atoms with E-state index in [1.54, 1.807) is 11.8 Å². The lowest BCUT2D eigenvalue weighted by molar-refractivity contribution is -0.126. The summed E-state index contributed by atoms with van der Waals surface area (Å²) in [6.45, 7) is 9.03. The van der Waals surface area contributed by atoms with Gasteiger partial charge in [-0.2, -0.15) is 0 Å². The Kier molecular flexibility index (Phi) is 3.93. The third-order valence-corrected chi connectivity index (χ3v) is 3.63. The number of rotatable bonds is 2. The minimum absolute atomic E-state index is 0.114. The van der Waals surface area contributed by atoms with Crippen molar-refractivity contribution in [3.05, 3.63) is 24.0 Å². The molecule has 0 N–H and O–H groups in total. The standard InChI is InChI=1S/C14H20N2O3/c1-4-11-5-8-16(13(11)17)12-6-7-15(9-12)14(18)19-10(2)3/h4,12H,2,5-9H2,1,3H3/b11-4+/t12-/m1/s1. The number of likely N-dealkylation sites (tertiary alicyclic amines) is 2. The van der Waals surface area contributed by atoms with Gasteiger partial charge in [0.2, 0.25) is 5.91 Å². The molecule has 5 heteroatoms. The molecule has 2 amide bonds. The lowest BCUT2D eigenvalue weighted by Gasteiger charge is -2.23. The fourth-order valence-corrected chi connectivity index (χ4v) is 2.63. The van der Waals surface area contributed by atoms with Crippen LogP contribution < -0.4 is 0 Å². The summed E-state index contributed by atoms with van der Waals surface area (Å²) in [7, 11) is 0. The molecule has 2 fully saturated rings. The second-order valence-electron chi connectivity index (χ2n) is 5.02. The highest BCUT2D eigenvalue weighted by molar-refractivity contribution is 5.95. The Balaban J connectivity index is 1.94. The predicted molar refractivity (Wildman–Crippen MR) is 71.4 cm³/mol. The van der Waals surface area contributed by atoms with Crippen LogP contribution in [0, 0.1) is 0 Å². The minimum atomic E-state index is -0.368. The predicted octanol–water partition coefficient (Wildman–Crippen LogP) is 1.91. The molecule has 0 unspecified atom stereocenters. The summed E-state index contributed by atoms with van der Waals surface area (Å²) >= 11 is 0. The summed E-state index contributed by atoms with van der Waals surface area (Å²) in [5, 5.41) is 0. The van der Waals surface area contributed by atoms with Crippen molar-refractivity contribution in [2.75, 3.05) is 19.6 Å². The van der Waals surface area contributed by atoms with Gasteiger partial charge in [0.25, 0.3) is 0 Å². The number of amides is 2. The van der Waals surface area contributed by atoms with Crippen LogP contribution in [-0.2, 0) is 9.53 Å². The molecule has 0 spiro atoms. The van der Waals surface area contributed by atoms with Gasteiger partial charge in [-0.05, 0) is 26.7 Å². The summed E-state index contributed by atoms with van der Waals surface area (Å²) in [5.41, 5.74) is 0.878. The molecule has 5 nitrogen and oxygen atoms in total. The molecule has 2 aliphatic rings. The zero-order chi connectivity index (χ0) is 14.0. The fourth-order valence-electron chi connectivity index (χ4n) is 2.63. The van der Waals surface area contributed by atoms with E-state index in [0.29, 0.717) is 18.8 Å². The van der Waals surface area contributed by atoms with Gasteiger partial charge in [0.05, 0.1) is 11.8 Å². The van der Waals surface area contributed by atoms with Crippen LogP contribution in [0.25, 0.3) is 0 Å². The van der Waals surface area contributed by atoms with Crippen molar-refractivity contribution >= 4 is 12.0 Å². The van der Waals surface area contributed by atoms with Crippen molar-refractivity contribution in [1.29, 1.82) is 0 Å². The fraction of sp³-hybridized carbons (Fsp3) is 0.571. The average molecular weight is 264 g/mol. The lowest BCUT2D eigenvalue weighted by atomic mass is 10.2. The zero-order valence-electron chi connectivity index (χ0n) is 11.5. The molecule has 2 saturated heterocycles. The second kappa shape index (κ2) is 5.47. The van der Waals surface area contributed by atoms with Crippen molar-refractivity contribution in [3.63, 3.8) is 0 Å². The highest BCUT2D eigenvalue weighted by atomic mass is 16.6. The van der Waals surface area contributed by atoms with E-state index in [1.807, 2.05) is 17.9 Å². The summed E-state index contributed by atoms with van der Waals surface area (Å²) in [6.07, 6.45) is 3.13. The molecule has 0 aromatic heterocycles. The number of carbonyl (C=O) groups excluding carboxylic acids is 2. The number of allylic oxidation sites excluding steroid dienone is 2. The summed E-state index contributed by atoms with van der Waals surface area (Å²) in [6, 6.07) is 0.114. The van der Waals surface area contributed by atoms with Crippen molar-refractivity contribution in [1.82, 2.24) is 9.80 Å². The van der Waals surface area contributed by atoms with Crippen LogP contribution in [0.1, 0.15) is 26.7 Å². The molecule has 1 atom stereocenters. The molecule has 2 rings (SSSR count). The Morgan fingerprint density at radius 1 is 1.47 bits per heavy atom. The van der Waals surface area contributed by atoms with E-state index in [4.69, 9.17) is 4.74 Å². The summed E-state index contributed by atoms with van der Waals surface area (Å²) in [5.74, 6) is 0.504. The third-order valence-electron chi connectivity index (χ3n) is 3.63. The molecular formula is C14H20N2O3. The largest absolute Gasteiger partial charge is 0.416 e. The van der Waals surface area contributed by atoms with Crippen LogP contribution >= 0.6 is 0 Å². The average Bonchev–Trinajstić information content (AvgIpc) is 2.94. The molecule has 0 radical (unpaired) electrons. The molecule has 0 saturated carbocycles. The lowest BCUT2D eigenvalue weighted by Crippen LogP contribution is -2.39. The first-order valence-electron chi connectivity index (χ1n) is 6.61. The van der Waals surface area contributed by atoms with Crippen LogP contribution in [0.4, 0.5) is 4.79 Å². The van der Waals surface area contributed by atoms with Gasteiger partial charge in [0.15, 0.2) is 0 Å². The van der Waals surface area contributed by atoms with Gasteiger partial charge in [0.1, 0.15) is 0 Å². The first-order valence-corrected chi connectivity index (χ1v) is 6.61. The number of carbonyl (C=O) groups is 2. The Hall–Kier alpha value is -1.78. The Morgan fingerprint density at radius 3 is 2.79 bits per heavy atom. The van der Waals surface area contributed by atoms with Gasteiger partial charge >= 0.3 is 6.09 Å². The summed E-state index contributed by atoms with van der Waals surface area (Å²) < 4.78 is 4.99. The molecule has 0 aliphatic carbocycles. The van der Waals surface area contributed by atoms with E-state index >= 15 is 0 Å². The second-order valence-corrected chi connectivity index (χ2v) is 5.02. The van der Waals surface area contributed by atoms with Crippen molar-refractivity contribution in [2.45, 2.75) is 32.7 Å². The Bertz CT molecular complexity index is 442. The smallest absolute Gasteiger partial charge is 0.414 e. The quantitative estimate of drug-likeness (QED) is 0.565.